The van der Waals surface area contributed by atoms with Crippen molar-refractivity contribution >= 4 is 22.8 Å². The number of nitrogens with zero attached hydrogens (tertiary/aromatic N) is 2. The molecular weight excluding hydrogens is 450 g/mol. The SMILES string of the molecule is CC(C)(C)OC(=O)N1CCC2(CC1)Cc1ccc(N3CCOCC3)cc1[C@H]2NS(=O)C(C)(C)C. The van der Waals surface area contributed by atoms with Crippen molar-refractivity contribution < 1.29 is 18.5 Å². The number of rotatable bonds is 3. The largest absolute Gasteiger partial charge is 0.444 e. The van der Waals surface area contributed by atoms with Gasteiger partial charge in [-0.3, -0.25) is 0 Å². The van der Waals surface area contributed by atoms with Gasteiger partial charge in [-0.2, -0.15) is 0 Å². The van der Waals surface area contributed by atoms with Crippen molar-refractivity contribution in [3.63, 3.8) is 0 Å². The molecule has 0 bridgehead atoms. The minimum absolute atomic E-state index is 0.00987. The van der Waals surface area contributed by atoms with Crippen molar-refractivity contribution in [1.29, 1.82) is 0 Å². The predicted octanol–water partition coefficient (Wildman–Crippen LogP) is 4.19. The normalized spacial score (nSPS) is 23.6. The first kappa shape index (κ1) is 25.5. The summed E-state index contributed by atoms with van der Waals surface area (Å²) in [4.78, 5) is 16.9. The number of morpholine rings is 1. The second-order valence-corrected chi connectivity index (χ2v) is 13.9. The van der Waals surface area contributed by atoms with Crippen LogP contribution in [0.15, 0.2) is 18.2 Å². The fourth-order valence-electron chi connectivity index (χ4n) is 5.24. The smallest absolute Gasteiger partial charge is 0.410 e. The van der Waals surface area contributed by atoms with Gasteiger partial charge in [0.05, 0.1) is 35.0 Å². The number of carbonyl (C=O) groups is 1. The molecule has 2 atom stereocenters. The van der Waals surface area contributed by atoms with Crippen LogP contribution in [0.4, 0.5) is 10.5 Å². The lowest BCUT2D eigenvalue weighted by Gasteiger charge is -2.44. The topological polar surface area (TPSA) is 71.1 Å². The lowest BCUT2D eigenvalue weighted by atomic mass is 9.73. The highest BCUT2D eigenvalue weighted by Gasteiger charge is 2.49. The summed E-state index contributed by atoms with van der Waals surface area (Å²) in [6, 6.07) is 6.76. The summed E-state index contributed by atoms with van der Waals surface area (Å²) in [5, 5.41) is 0. The van der Waals surface area contributed by atoms with Crippen molar-refractivity contribution in [2.75, 3.05) is 44.3 Å². The quantitative estimate of drug-likeness (QED) is 0.687. The fraction of sp³-hybridized carbons (Fsp3) is 0.731. The third kappa shape index (κ3) is 5.44. The van der Waals surface area contributed by atoms with Crippen molar-refractivity contribution in [3.05, 3.63) is 29.3 Å². The van der Waals surface area contributed by atoms with Crippen LogP contribution >= 0.6 is 0 Å². The summed E-state index contributed by atoms with van der Waals surface area (Å²) in [5.74, 6) is 0. The van der Waals surface area contributed by atoms with E-state index in [-0.39, 0.29) is 22.3 Å². The molecule has 1 spiro atoms. The first-order valence-corrected chi connectivity index (χ1v) is 13.6. The number of likely N-dealkylation sites (tertiary alicyclic amines) is 1. The molecule has 2 aliphatic heterocycles. The van der Waals surface area contributed by atoms with Gasteiger partial charge in [-0.1, -0.05) is 6.07 Å². The monoisotopic (exact) mass is 491 g/mol. The zero-order valence-corrected chi connectivity index (χ0v) is 22.4. The van der Waals surface area contributed by atoms with Crippen LogP contribution in [0.5, 0.6) is 0 Å². The standard InChI is InChI=1S/C26H41N3O4S/c1-24(2,3)33-23(30)29-11-9-26(10-12-29)18-19-7-8-20(28-13-15-32-16-14-28)17-21(19)22(26)27-34(31)25(4,5)6/h7-8,17,22,27H,9-16,18H2,1-6H3/t22-,34?/m1/s1. The molecule has 2 saturated heterocycles. The molecule has 0 radical (unpaired) electrons. The summed E-state index contributed by atoms with van der Waals surface area (Å²) >= 11 is 0. The Bertz CT molecular complexity index is 923. The zero-order chi connectivity index (χ0) is 24.7. The third-order valence-electron chi connectivity index (χ3n) is 7.16. The average molecular weight is 492 g/mol. The molecule has 34 heavy (non-hydrogen) atoms. The molecule has 1 N–H and O–H groups in total. The number of hydrogen-bond acceptors (Lipinski definition) is 5. The Kier molecular flexibility index (Phi) is 7.06. The van der Waals surface area contributed by atoms with Gasteiger partial charge in [0.25, 0.3) is 0 Å². The molecule has 4 rings (SSSR count). The van der Waals surface area contributed by atoms with Crippen LogP contribution in [-0.2, 0) is 26.9 Å². The number of nitrogens with one attached hydrogen (secondary N) is 1. The highest BCUT2D eigenvalue weighted by Crippen LogP contribution is 2.53. The van der Waals surface area contributed by atoms with Gasteiger partial charge in [0.15, 0.2) is 0 Å². The number of hydrogen-bond donors (Lipinski definition) is 1. The summed E-state index contributed by atoms with van der Waals surface area (Å²) in [6.45, 7) is 16.3. The molecule has 1 aliphatic carbocycles. The van der Waals surface area contributed by atoms with Gasteiger partial charge in [-0.15, -0.1) is 0 Å². The van der Waals surface area contributed by atoms with Crippen LogP contribution in [0.3, 0.4) is 0 Å². The van der Waals surface area contributed by atoms with Gasteiger partial charge in [0, 0.05) is 31.9 Å². The maximum absolute atomic E-state index is 13.3. The van der Waals surface area contributed by atoms with Gasteiger partial charge in [0.2, 0.25) is 0 Å². The van der Waals surface area contributed by atoms with Crippen LogP contribution < -0.4 is 9.62 Å². The van der Waals surface area contributed by atoms with Gasteiger partial charge >= 0.3 is 6.09 Å². The molecule has 1 aromatic rings. The van der Waals surface area contributed by atoms with Crippen molar-refractivity contribution in [2.45, 2.75) is 77.2 Å². The van der Waals surface area contributed by atoms with Crippen LogP contribution in [0.25, 0.3) is 0 Å². The Hall–Kier alpha value is -1.64. The number of anilines is 1. The molecule has 190 valence electrons. The van der Waals surface area contributed by atoms with Gasteiger partial charge in [-0.25, -0.2) is 13.7 Å². The van der Waals surface area contributed by atoms with Crippen LogP contribution in [0.2, 0.25) is 0 Å². The first-order chi connectivity index (χ1) is 15.9. The molecule has 1 amide bonds. The van der Waals surface area contributed by atoms with Gasteiger partial charge in [-0.05, 0) is 89.5 Å². The van der Waals surface area contributed by atoms with E-state index in [1.807, 2.05) is 46.4 Å². The Balaban J connectivity index is 1.59. The number of piperidine rings is 1. The van der Waals surface area contributed by atoms with E-state index in [2.05, 4.69) is 27.8 Å². The Labute approximate surface area is 207 Å². The summed E-state index contributed by atoms with van der Waals surface area (Å²) in [6.07, 6.45) is 2.40. The molecule has 2 heterocycles. The van der Waals surface area contributed by atoms with E-state index in [9.17, 15) is 9.00 Å². The van der Waals surface area contributed by atoms with E-state index in [0.29, 0.717) is 13.1 Å². The van der Waals surface area contributed by atoms with E-state index in [1.54, 1.807) is 0 Å². The van der Waals surface area contributed by atoms with Gasteiger partial charge < -0.3 is 19.3 Å². The summed E-state index contributed by atoms with van der Waals surface area (Å²) in [7, 11) is -1.19. The second kappa shape index (κ2) is 9.43. The molecule has 2 fully saturated rings. The highest BCUT2D eigenvalue weighted by molar-refractivity contribution is 7.84. The fourth-order valence-corrected chi connectivity index (χ4v) is 6.18. The second-order valence-electron chi connectivity index (χ2n) is 11.9. The van der Waals surface area contributed by atoms with E-state index < -0.39 is 16.6 Å². The van der Waals surface area contributed by atoms with E-state index >= 15 is 0 Å². The van der Waals surface area contributed by atoms with E-state index in [4.69, 9.17) is 9.47 Å². The van der Waals surface area contributed by atoms with Crippen LogP contribution in [0, 0.1) is 5.41 Å². The Morgan fingerprint density at radius 1 is 1.09 bits per heavy atom. The number of fused-ring (bicyclic) bond motifs is 1. The average Bonchev–Trinajstić information content (AvgIpc) is 3.05. The summed E-state index contributed by atoms with van der Waals surface area (Å²) < 4.78 is 27.6. The first-order valence-electron chi connectivity index (χ1n) is 12.5. The molecule has 3 aliphatic rings. The van der Waals surface area contributed by atoms with Crippen molar-refractivity contribution in [2.24, 2.45) is 5.41 Å². The predicted molar refractivity (Wildman–Crippen MR) is 136 cm³/mol. The zero-order valence-electron chi connectivity index (χ0n) is 21.6. The highest BCUT2D eigenvalue weighted by atomic mass is 32.2. The molecule has 8 heteroatoms. The van der Waals surface area contributed by atoms with E-state index in [1.165, 1.54) is 16.8 Å². The molecule has 0 aromatic heterocycles. The number of ether oxygens (including phenoxy) is 2. The lowest BCUT2D eigenvalue weighted by molar-refractivity contribution is 0.00724. The van der Waals surface area contributed by atoms with Crippen molar-refractivity contribution in [3.8, 4) is 0 Å². The van der Waals surface area contributed by atoms with Gasteiger partial charge in [0.1, 0.15) is 5.60 Å². The molecule has 1 aromatic carbocycles. The number of amides is 1. The third-order valence-corrected chi connectivity index (χ3v) is 8.73. The maximum Gasteiger partial charge on any atom is 0.410 e. The molecular formula is C26H41N3O4S. The lowest BCUT2D eigenvalue weighted by Crippen LogP contribution is -2.49. The van der Waals surface area contributed by atoms with E-state index in [0.717, 1.165) is 45.6 Å². The summed E-state index contributed by atoms with van der Waals surface area (Å²) in [5.41, 5.74) is 3.22. The maximum atomic E-state index is 13.3. The minimum Gasteiger partial charge on any atom is -0.444 e. The van der Waals surface area contributed by atoms with Crippen LogP contribution in [0.1, 0.15) is 71.6 Å². The molecule has 1 unspecified atom stereocenters. The number of carbonyl (C=O) groups excluding carboxylic acids is 1. The Morgan fingerprint density at radius 2 is 1.74 bits per heavy atom. The Morgan fingerprint density at radius 3 is 2.32 bits per heavy atom. The molecule has 0 saturated carbocycles. The molecule has 7 nitrogen and oxygen atoms in total. The number of benzene rings is 1. The van der Waals surface area contributed by atoms with Crippen LogP contribution in [-0.4, -0.2) is 64.9 Å². The van der Waals surface area contributed by atoms with Crippen molar-refractivity contribution in [1.82, 2.24) is 9.62 Å². The minimum atomic E-state index is -1.19.